The van der Waals surface area contributed by atoms with Crippen molar-refractivity contribution in [2.45, 2.75) is 25.0 Å². The van der Waals surface area contributed by atoms with Crippen molar-refractivity contribution >= 4 is 0 Å². The summed E-state index contributed by atoms with van der Waals surface area (Å²) in [6.07, 6.45) is 4.87. The summed E-state index contributed by atoms with van der Waals surface area (Å²) in [5.41, 5.74) is -0.623. The summed E-state index contributed by atoms with van der Waals surface area (Å²) in [5.74, 6) is 0.783. The third kappa shape index (κ3) is 3.73. The molecule has 1 aliphatic heterocycles. The summed E-state index contributed by atoms with van der Waals surface area (Å²) in [7, 11) is 1.98. The van der Waals surface area contributed by atoms with Crippen LogP contribution in [0, 0.1) is 0 Å². The van der Waals surface area contributed by atoms with Gasteiger partial charge in [-0.25, -0.2) is 9.97 Å². The van der Waals surface area contributed by atoms with Crippen LogP contribution in [0.2, 0.25) is 0 Å². The van der Waals surface area contributed by atoms with Crippen LogP contribution in [0.25, 0.3) is 0 Å². The largest absolute Gasteiger partial charge is 0.388 e. The monoisotopic (exact) mass is 237 g/mol. The molecule has 1 aliphatic rings. The molecule has 5 heteroatoms. The molecule has 0 aromatic carbocycles. The van der Waals surface area contributed by atoms with E-state index in [0.29, 0.717) is 39.1 Å². The fourth-order valence-electron chi connectivity index (χ4n) is 2.12. The highest BCUT2D eigenvalue weighted by atomic mass is 16.5. The molecule has 0 aliphatic carbocycles. The lowest BCUT2D eigenvalue weighted by Crippen LogP contribution is -2.45. The predicted octanol–water partition coefficient (Wildman–Crippen LogP) is 0.450. The van der Waals surface area contributed by atoms with Crippen LogP contribution >= 0.6 is 0 Å². The zero-order chi connectivity index (χ0) is 12.1. The van der Waals surface area contributed by atoms with E-state index in [-0.39, 0.29) is 0 Å². The van der Waals surface area contributed by atoms with Crippen LogP contribution in [0.4, 0.5) is 0 Å². The van der Waals surface area contributed by atoms with Gasteiger partial charge in [-0.1, -0.05) is 0 Å². The lowest BCUT2D eigenvalue weighted by atomic mass is 9.94. The van der Waals surface area contributed by atoms with Crippen molar-refractivity contribution in [3.8, 4) is 0 Å². The Bertz CT molecular complexity index is 339. The minimum atomic E-state index is -0.623. The third-order valence-electron chi connectivity index (χ3n) is 3.02. The second kappa shape index (κ2) is 5.53. The molecule has 2 rings (SSSR count). The van der Waals surface area contributed by atoms with Crippen molar-refractivity contribution in [1.29, 1.82) is 0 Å². The number of hydrogen-bond acceptors (Lipinski definition) is 5. The summed E-state index contributed by atoms with van der Waals surface area (Å²) in [6.45, 7) is 2.58. The number of aliphatic hydroxyl groups is 1. The second-order valence-corrected chi connectivity index (χ2v) is 4.67. The molecule has 0 unspecified atom stereocenters. The Balaban J connectivity index is 1.86. The van der Waals surface area contributed by atoms with Crippen LogP contribution < -0.4 is 0 Å². The summed E-state index contributed by atoms with van der Waals surface area (Å²) in [5, 5.41) is 10.4. The highest BCUT2D eigenvalue weighted by Crippen LogP contribution is 2.21. The maximum absolute atomic E-state index is 10.4. The topological polar surface area (TPSA) is 58.5 Å². The normalized spacial score (nSPS) is 19.5. The van der Waals surface area contributed by atoms with E-state index in [2.05, 4.69) is 14.9 Å². The first kappa shape index (κ1) is 12.4. The van der Waals surface area contributed by atoms with Crippen LogP contribution in [0.1, 0.15) is 18.7 Å². The van der Waals surface area contributed by atoms with E-state index >= 15 is 0 Å². The van der Waals surface area contributed by atoms with Crippen molar-refractivity contribution < 1.29 is 9.84 Å². The fraction of sp³-hybridized carbons (Fsp3) is 0.667. The number of ether oxygens (including phenoxy) is 1. The minimum Gasteiger partial charge on any atom is -0.388 e. The molecule has 0 amide bonds. The highest BCUT2D eigenvalue weighted by Gasteiger charge is 2.31. The molecule has 5 nitrogen and oxygen atoms in total. The van der Waals surface area contributed by atoms with Gasteiger partial charge in [0.25, 0.3) is 0 Å². The molecule has 94 valence electrons. The first-order valence-corrected chi connectivity index (χ1v) is 5.93. The molecular formula is C12H19N3O2. The van der Waals surface area contributed by atoms with Crippen LogP contribution in [-0.2, 0) is 11.3 Å². The second-order valence-electron chi connectivity index (χ2n) is 4.67. The standard InChI is InChI=1S/C12H19N3O2/c1-15(9-11-13-5-2-6-14-11)10-12(16)3-7-17-8-4-12/h2,5-6,16H,3-4,7-10H2,1H3. The number of aromatic nitrogens is 2. The van der Waals surface area contributed by atoms with Gasteiger partial charge in [-0.15, -0.1) is 0 Å². The van der Waals surface area contributed by atoms with Crippen LogP contribution in [0.3, 0.4) is 0 Å². The molecule has 1 aromatic heterocycles. The van der Waals surface area contributed by atoms with E-state index in [1.165, 1.54) is 0 Å². The molecule has 1 saturated heterocycles. The first-order chi connectivity index (χ1) is 8.18. The van der Waals surface area contributed by atoms with E-state index in [1.807, 2.05) is 7.05 Å². The summed E-state index contributed by atoms with van der Waals surface area (Å²) >= 11 is 0. The van der Waals surface area contributed by atoms with Gasteiger partial charge in [0.15, 0.2) is 0 Å². The Morgan fingerprint density at radius 1 is 1.35 bits per heavy atom. The molecule has 1 N–H and O–H groups in total. The van der Waals surface area contributed by atoms with Gasteiger partial charge >= 0.3 is 0 Å². The number of rotatable bonds is 4. The molecule has 0 saturated carbocycles. The van der Waals surface area contributed by atoms with Gasteiger partial charge in [0.2, 0.25) is 0 Å². The maximum atomic E-state index is 10.4. The number of nitrogens with zero attached hydrogens (tertiary/aromatic N) is 3. The van der Waals surface area contributed by atoms with E-state index in [4.69, 9.17) is 4.74 Å². The molecular weight excluding hydrogens is 218 g/mol. The quantitative estimate of drug-likeness (QED) is 0.824. The van der Waals surface area contributed by atoms with Crippen molar-refractivity contribution in [3.63, 3.8) is 0 Å². The average Bonchev–Trinajstić information content (AvgIpc) is 2.30. The maximum Gasteiger partial charge on any atom is 0.142 e. The molecule has 0 bridgehead atoms. The Morgan fingerprint density at radius 2 is 2.00 bits per heavy atom. The van der Waals surface area contributed by atoms with Gasteiger partial charge in [0, 0.05) is 45.0 Å². The van der Waals surface area contributed by atoms with Gasteiger partial charge in [-0.05, 0) is 13.1 Å². The van der Waals surface area contributed by atoms with Crippen molar-refractivity contribution in [3.05, 3.63) is 24.3 Å². The molecule has 2 heterocycles. The van der Waals surface area contributed by atoms with Gasteiger partial charge in [0.1, 0.15) is 5.82 Å². The molecule has 1 aromatic rings. The van der Waals surface area contributed by atoms with Crippen molar-refractivity contribution in [2.24, 2.45) is 0 Å². The molecule has 0 spiro atoms. The van der Waals surface area contributed by atoms with E-state index in [1.54, 1.807) is 18.5 Å². The summed E-state index contributed by atoms with van der Waals surface area (Å²) in [4.78, 5) is 10.4. The Hall–Kier alpha value is -1.04. The van der Waals surface area contributed by atoms with Crippen LogP contribution in [0.15, 0.2) is 18.5 Å². The van der Waals surface area contributed by atoms with Gasteiger partial charge in [0.05, 0.1) is 12.1 Å². The predicted molar refractivity (Wildman–Crippen MR) is 63.4 cm³/mol. The molecule has 17 heavy (non-hydrogen) atoms. The Labute approximate surface area is 101 Å². The summed E-state index contributed by atoms with van der Waals surface area (Å²) < 4.78 is 5.26. The molecule has 0 radical (unpaired) electrons. The van der Waals surface area contributed by atoms with Gasteiger partial charge in [-0.2, -0.15) is 0 Å². The third-order valence-corrected chi connectivity index (χ3v) is 3.02. The Kier molecular flexibility index (Phi) is 4.04. The van der Waals surface area contributed by atoms with Gasteiger partial charge < -0.3 is 9.84 Å². The molecule has 1 fully saturated rings. The molecule has 0 atom stereocenters. The zero-order valence-electron chi connectivity index (χ0n) is 10.2. The zero-order valence-corrected chi connectivity index (χ0v) is 10.2. The number of likely N-dealkylation sites (N-methyl/N-ethyl adjacent to an activating group) is 1. The van der Waals surface area contributed by atoms with Crippen LogP contribution in [0.5, 0.6) is 0 Å². The lowest BCUT2D eigenvalue weighted by molar-refractivity contribution is -0.0779. The SMILES string of the molecule is CN(Cc1ncccn1)CC1(O)CCOCC1. The van der Waals surface area contributed by atoms with Crippen LogP contribution in [-0.4, -0.2) is 52.4 Å². The van der Waals surface area contributed by atoms with Crippen molar-refractivity contribution in [1.82, 2.24) is 14.9 Å². The summed E-state index contributed by atoms with van der Waals surface area (Å²) in [6, 6.07) is 1.80. The van der Waals surface area contributed by atoms with E-state index in [9.17, 15) is 5.11 Å². The van der Waals surface area contributed by atoms with E-state index < -0.39 is 5.60 Å². The fourth-order valence-corrected chi connectivity index (χ4v) is 2.12. The smallest absolute Gasteiger partial charge is 0.142 e. The minimum absolute atomic E-state index is 0.623. The lowest BCUT2D eigenvalue weighted by Gasteiger charge is -2.35. The number of hydrogen-bond donors (Lipinski definition) is 1. The average molecular weight is 237 g/mol. The highest BCUT2D eigenvalue weighted by molar-refractivity contribution is 4.90. The Morgan fingerprint density at radius 3 is 2.65 bits per heavy atom. The van der Waals surface area contributed by atoms with Gasteiger partial charge in [-0.3, -0.25) is 4.90 Å². The van der Waals surface area contributed by atoms with E-state index in [0.717, 1.165) is 5.82 Å². The first-order valence-electron chi connectivity index (χ1n) is 5.93. The van der Waals surface area contributed by atoms with Crippen molar-refractivity contribution in [2.75, 3.05) is 26.8 Å².